The van der Waals surface area contributed by atoms with Crippen molar-refractivity contribution < 1.29 is 0 Å². The molecule has 2 aromatic rings. The second-order valence-electron chi connectivity index (χ2n) is 5.35. The molecule has 1 aromatic heterocycles. The van der Waals surface area contributed by atoms with E-state index < -0.39 is 0 Å². The second-order valence-corrected chi connectivity index (χ2v) is 5.76. The van der Waals surface area contributed by atoms with E-state index in [0.29, 0.717) is 6.04 Å². The van der Waals surface area contributed by atoms with Crippen LogP contribution in [0.3, 0.4) is 0 Å². The minimum absolute atomic E-state index is 0.467. The number of nitrogens with zero attached hydrogens (tertiary/aromatic N) is 3. The number of benzene rings is 1. The largest absolute Gasteiger partial charge is 0.379 e. The molecule has 2 heterocycles. The molecule has 1 atom stereocenters. The van der Waals surface area contributed by atoms with Gasteiger partial charge in [-0.1, -0.05) is 17.7 Å². The fourth-order valence-electron chi connectivity index (χ4n) is 2.79. The Bertz CT molecular complexity index is 567. The molecule has 0 amide bonds. The first-order valence-corrected chi connectivity index (χ1v) is 7.34. The van der Waals surface area contributed by atoms with Crippen molar-refractivity contribution in [1.82, 2.24) is 14.5 Å². The Hall–Kier alpha value is -1.52. The summed E-state index contributed by atoms with van der Waals surface area (Å²) in [5.41, 5.74) is 2.04. The van der Waals surface area contributed by atoms with Crippen LogP contribution in [-0.2, 0) is 0 Å². The fraction of sp³-hybridized carbons (Fsp3) is 0.400. The first-order chi connectivity index (χ1) is 9.74. The molecule has 3 rings (SSSR count). The lowest BCUT2D eigenvalue weighted by molar-refractivity contribution is 0.261. The number of likely N-dealkylation sites (tertiary alicyclic amines) is 1. The molecule has 0 aliphatic carbocycles. The molecule has 4 nitrogen and oxygen atoms in total. The van der Waals surface area contributed by atoms with Gasteiger partial charge in [0.15, 0.2) is 0 Å². The summed E-state index contributed by atoms with van der Waals surface area (Å²) in [6.45, 7) is 2.25. The van der Waals surface area contributed by atoms with E-state index >= 15 is 0 Å². The fourth-order valence-corrected chi connectivity index (χ4v) is 3.06. The number of aromatic nitrogens is 2. The van der Waals surface area contributed by atoms with Crippen LogP contribution < -0.4 is 5.32 Å². The number of piperidine rings is 1. The number of nitrogens with one attached hydrogen (secondary N) is 1. The number of para-hydroxylation sites is 1. The third kappa shape index (κ3) is 2.81. The van der Waals surface area contributed by atoms with E-state index in [2.05, 4.69) is 28.3 Å². The Morgan fingerprint density at radius 2 is 2.30 bits per heavy atom. The maximum absolute atomic E-state index is 6.37. The van der Waals surface area contributed by atoms with Crippen LogP contribution in [0.4, 0.5) is 5.69 Å². The molecular formula is C15H19ClN4. The molecule has 0 bridgehead atoms. The molecule has 1 saturated heterocycles. The number of likely N-dealkylation sites (N-methyl/N-ethyl adjacent to an activating group) is 1. The highest BCUT2D eigenvalue weighted by Gasteiger charge is 2.18. The molecule has 5 heteroatoms. The van der Waals surface area contributed by atoms with Gasteiger partial charge >= 0.3 is 0 Å². The van der Waals surface area contributed by atoms with Crippen molar-refractivity contribution >= 4 is 17.3 Å². The van der Waals surface area contributed by atoms with Crippen molar-refractivity contribution in [3.63, 3.8) is 0 Å². The van der Waals surface area contributed by atoms with Crippen LogP contribution >= 0.6 is 11.6 Å². The van der Waals surface area contributed by atoms with E-state index in [4.69, 9.17) is 11.6 Å². The van der Waals surface area contributed by atoms with Gasteiger partial charge in [0, 0.05) is 25.0 Å². The maximum atomic E-state index is 6.37. The van der Waals surface area contributed by atoms with Gasteiger partial charge in [-0.25, -0.2) is 4.98 Å². The van der Waals surface area contributed by atoms with Gasteiger partial charge in [-0.2, -0.15) is 0 Å². The molecular weight excluding hydrogens is 272 g/mol. The van der Waals surface area contributed by atoms with Crippen LogP contribution in [0.25, 0.3) is 5.69 Å². The maximum Gasteiger partial charge on any atom is 0.0992 e. The Kier molecular flexibility index (Phi) is 3.94. The van der Waals surface area contributed by atoms with Crippen molar-refractivity contribution in [1.29, 1.82) is 0 Å². The van der Waals surface area contributed by atoms with Gasteiger partial charge in [0.05, 0.1) is 22.7 Å². The van der Waals surface area contributed by atoms with Crippen LogP contribution in [-0.4, -0.2) is 40.6 Å². The van der Waals surface area contributed by atoms with Crippen LogP contribution in [0.5, 0.6) is 0 Å². The topological polar surface area (TPSA) is 33.1 Å². The molecule has 1 aliphatic heterocycles. The van der Waals surface area contributed by atoms with Gasteiger partial charge in [-0.3, -0.25) is 0 Å². The molecule has 1 fully saturated rings. The van der Waals surface area contributed by atoms with E-state index in [9.17, 15) is 0 Å². The molecule has 1 aromatic carbocycles. The third-order valence-corrected chi connectivity index (χ3v) is 4.04. The van der Waals surface area contributed by atoms with Gasteiger partial charge in [0.1, 0.15) is 0 Å². The lowest BCUT2D eigenvalue weighted by Gasteiger charge is -2.31. The molecule has 0 saturated carbocycles. The van der Waals surface area contributed by atoms with Crippen molar-refractivity contribution in [3.8, 4) is 5.69 Å². The summed E-state index contributed by atoms with van der Waals surface area (Å²) in [4.78, 5) is 6.47. The number of rotatable bonds is 3. The summed E-state index contributed by atoms with van der Waals surface area (Å²) in [6, 6.07) is 6.44. The first kappa shape index (κ1) is 13.5. The third-order valence-electron chi connectivity index (χ3n) is 3.73. The lowest BCUT2D eigenvalue weighted by Crippen LogP contribution is -2.39. The number of imidazole rings is 1. The molecule has 1 unspecified atom stereocenters. The Labute approximate surface area is 124 Å². The van der Waals surface area contributed by atoms with E-state index in [1.807, 2.05) is 22.9 Å². The Balaban J connectivity index is 1.88. The predicted octanol–water partition coefficient (Wildman–Crippen LogP) is 3.03. The van der Waals surface area contributed by atoms with Crippen LogP contribution in [0.2, 0.25) is 5.02 Å². The summed E-state index contributed by atoms with van der Waals surface area (Å²) in [7, 11) is 2.17. The monoisotopic (exact) mass is 290 g/mol. The smallest absolute Gasteiger partial charge is 0.0992 e. The summed E-state index contributed by atoms with van der Waals surface area (Å²) in [5.74, 6) is 0. The van der Waals surface area contributed by atoms with Gasteiger partial charge < -0.3 is 14.8 Å². The zero-order valence-electron chi connectivity index (χ0n) is 11.6. The van der Waals surface area contributed by atoms with Crippen molar-refractivity contribution in [2.24, 2.45) is 0 Å². The van der Waals surface area contributed by atoms with Crippen molar-refractivity contribution in [2.75, 3.05) is 25.5 Å². The van der Waals surface area contributed by atoms with Crippen LogP contribution in [0.15, 0.2) is 36.9 Å². The predicted molar refractivity (Wildman–Crippen MR) is 82.7 cm³/mol. The summed E-state index contributed by atoms with van der Waals surface area (Å²) >= 11 is 6.37. The van der Waals surface area contributed by atoms with E-state index in [0.717, 1.165) is 22.9 Å². The average molecular weight is 291 g/mol. The number of hydrogen-bond donors (Lipinski definition) is 1. The molecule has 1 aliphatic rings. The molecule has 0 spiro atoms. The van der Waals surface area contributed by atoms with Gasteiger partial charge in [-0.15, -0.1) is 0 Å². The van der Waals surface area contributed by atoms with Crippen LogP contribution in [0.1, 0.15) is 12.8 Å². The number of hydrogen-bond acceptors (Lipinski definition) is 3. The highest BCUT2D eigenvalue weighted by Crippen LogP contribution is 2.29. The molecule has 106 valence electrons. The van der Waals surface area contributed by atoms with Gasteiger partial charge in [-0.05, 0) is 38.6 Å². The van der Waals surface area contributed by atoms with E-state index in [1.54, 1.807) is 12.5 Å². The summed E-state index contributed by atoms with van der Waals surface area (Å²) in [6.07, 6.45) is 7.88. The first-order valence-electron chi connectivity index (χ1n) is 6.96. The molecule has 20 heavy (non-hydrogen) atoms. The zero-order chi connectivity index (χ0) is 13.9. The van der Waals surface area contributed by atoms with Crippen LogP contribution in [0, 0.1) is 0 Å². The summed E-state index contributed by atoms with van der Waals surface area (Å²) in [5, 5.41) is 4.37. The number of halogens is 1. The lowest BCUT2D eigenvalue weighted by atomic mass is 10.1. The minimum atomic E-state index is 0.467. The quantitative estimate of drug-likeness (QED) is 0.943. The average Bonchev–Trinajstić information content (AvgIpc) is 2.92. The van der Waals surface area contributed by atoms with E-state index in [1.165, 1.54) is 19.4 Å². The molecule has 1 N–H and O–H groups in total. The minimum Gasteiger partial charge on any atom is -0.379 e. The Morgan fingerprint density at radius 1 is 1.40 bits per heavy atom. The van der Waals surface area contributed by atoms with E-state index in [-0.39, 0.29) is 0 Å². The highest BCUT2D eigenvalue weighted by atomic mass is 35.5. The number of anilines is 1. The van der Waals surface area contributed by atoms with Crippen molar-refractivity contribution in [3.05, 3.63) is 41.9 Å². The highest BCUT2D eigenvalue weighted by molar-refractivity contribution is 6.33. The molecule has 0 radical (unpaired) electrons. The summed E-state index contributed by atoms with van der Waals surface area (Å²) < 4.78 is 1.96. The standard InChI is InChI=1S/C15H19ClN4/c1-19-8-3-4-12(10-19)18-14-6-2-5-13(16)15(14)20-9-7-17-11-20/h2,5-7,9,11-12,18H,3-4,8,10H2,1H3. The SMILES string of the molecule is CN1CCCC(Nc2cccc(Cl)c2-n2ccnc2)C1. The van der Waals surface area contributed by atoms with Crippen molar-refractivity contribution in [2.45, 2.75) is 18.9 Å². The van der Waals surface area contributed by atoms with Gasteiger partial charge in [0.25, 0.3) is 0 Å². The zero-order valence-corrected chi connectivity index (χ0v) is 12.3. The Morgan fingerprint density at radius 3 is 3.05 bits per heavy atom. The second kappa shape index (κ2) is 5.85. The normalized spacial score (nSPS) is 20.0. The van der Waals surface area contributed by atoms with Gasteiger partial charge in [0.2, 0.25) is 0 Å².